The first-order valence-electron chi connectivity index (χ1n) is 9.20. The van der Waals surface area contributed by atoms with Crippen LogP contribution in [0.1, 0.15) is 24.0 Å². The Hall–Kier alpha value is -3.35. The van der Waals surface area contributed by atoms with Gasteiger partial charge in [0.05, 0.1) is 12.8 Å². The summed E-state index contributed by atoms with van der Waals surface area (Å²) in [7, 11) is 1.37. The van der Waals surface area contributed by atoms with Crippen LogP contribution < -0.4 is 16.0 Å². The molecule has 1 aliphatic rings. The molecule has 4 N–H and O–H groups in total. The van der Waals surface area contributed by atoms with Gasteiger partial charge in [-0.2, -0.15) is 0 Å². The maximum absolute atomic E-state index is 12.4. The molecule has 1 heterocycles. The van der Waals surface area contributed by atoms with Gasteiger partial charge in [-0.05, 0) is 30.0 Å². The largest absolute Gasteiger partial charge is 0.469 e. The summed E-state index contributed by atoms with van der Waals surface area (Å²) in [6.45, 7) is 1.30. The van der Waals surface area contributed by atoms with Crippen LogP contribution in [0, 0.1) is 5.41 Å². The first-order valence-corrected chi connectivity index (χ1v) is 9.20. The Balaban J connectivity index is 2.07. The molecule has 146 valence electrons. The van der Waals surface area contributed by atoms with Gasteiger partial charge in [-0.15, -0.1) is 0 Å². The van der Waals surface area contributed by atoms with Crippen molar-refractivity contribution in [3.8, 4) is 11.1 Å². The number of ether oxygens (including phenoxy) is 1. The lowest BCUT2D eigenvalue weighted by molar-refractivity contribution is -0.140. The molecule has 0 saturated carbocycles. The smallest absolute Gasteiger partial charge is 0.321 e. The van der Waals surface area contributed by atoms with Crippen molar-refractivity contribution in [3.63, 3.8) is 0 Å². The number of carbonyl (C=O) groups excluding carboxylic acids is 2. The van der Waals surface area contributed by atoms with Gasteiger partial charge >= 0.3 is 12.0 Å². The van der Waals surface area contributed by atoms with Gasteiger partial charge in [-0.25, -0.2) is 4.79 Å². The average Bonchev–Trinajstić information content (AvgIpc) is 2.72. The molecule has 1 aliphatic heterocycles. The SMILES string of the molecule is COC(=O)CCc1cccc(N2CCCNC2=O)c1-c1ccc(C(=N)N)cc1. The van der Waals surface area contributed by atoms with Crippen LogP contribution >= 0.6 is 0 Å². The molecule has 2 aromatic carbocycles. The zero-order valence-electron chi connectivity index (χ0n) is 15.8. The van der Waals surface area contributed by atoms with Crippen molar-refractivity contribution in [3.05, 3.63) is 53.6 Å². The van der Waals surface area contributed by atoms with Crippen molar-refractivity contribution in [2.75, 3.05) is 25.1 Å². The van der Waals surface area contributed by atoms with E-state index in [1.807, 2.05) is 30.3 Å². The fourth-order valence-electron chi connectivity index (χ4n) is 3.37. The third kappa shape index (κ3) is 4.14. The Morgan fingerprint density at radius 1 is 1.25 bits per heavy atom. The van der Waals surface area contributed by atoms with Crippen molar-refractivity contribution in [2.45, 2.75) is 19.3 Å². The van der Waals surface area contributed by atoms with Crippen LogP contribution in [0.25, 0.3) is 11.1 Å². The van der Waals surface area contributed by atoms with E-state index in [2.05, 4.69) is 5.32 Å². The standard InChI is InChI=1S/C21H24N4O3/c1-28-18(26)11-10-14-4-2-5-17(25-13-3-12-24-21(25)27)19(14)15-6-8-16(9-7-15)20(22)23/h2,4-9H,3,10-13H2,1H3,(H3,22,23)(H,24,27). The molecule has 0 unspecified atom stereocenters. The first-order chi connectivity index (χ1) is 13.5. The number of carbonyl (C=O) groups is 2. The predicted octanol–water partition coefficient (Wildman–Crippen LogP) is 2.66. The minimum atomic E-state index is -0.279. The Labute approximate surface area is 164 Å². The van der Waals surface area contributed by atoms with Crippen LogP contribution in [-0.4, -0.2) is 38.0 Å². The number of rotatable bonds is 6. The number of nitrogens with zero attached hydrogens (tertiary/aromatic N) is 1. The van der Waals surface area contributed by atoms with Crippen LogP contribution in [0.4, 0.5) is 10.5 Å². The second-order valence-corrected chi connectivity index (χ2v) is 6.62. The van der Waals surface area contributed by atoms with Crippen LogP contribution in [0.15, 0.2) is 42.5 Å². The topological polar surface area (TPSA) is 109 Å². The van der Waals surface area contributed by atoms with E-state index in [1.54, 1.807) is 17.0 Å². The van der Waals surface area contributed by atoms with Gasteiger partial charge in [-0.1, -0.05) is 36.4 Å². The lowest BCUT2D eigenvalue weighted by Crippen LogP contribution is -2.46. The summed E-state index contributed by atoms with van der Waals surface area (Å²) < 4.78 is 4.77. The van der Waals surface area contributed by atoms with Gasteiger partial charge in [-0.3, -0.25) is 15.1 Å². The minimum absolute atomic E-state index is 0.00107. The van der Waals surface area contributed by atoms with E-state index in [9.17, 15) is 9.59 Å². The Morgan fingerprint density at radius 2 is 2.00 bits per heavy atom. The normalized spacial score (nSPS) is 13.8. The molecular weight excluding hydrogens is 356 g/mol. The van der Waals surface area contributed by atoms with E-state index < -0.39 is 0 Å². The molecule has 7 heteroatoms. The van der Waals surface area contributed by atoms with Crippen LogP contribution in [0.2, 0.25) is 0 Å². The summed E-state index contributed by atoms with van der Waals surface area (Å²) in [5.41, 5.74) is 9.76. The summed E-state index contributed by atoms with van der Waals surface area (Å²) in [5, 5.41) is 10.5. The van der Waals surface area contributed by atoms with E-state index in [0.717, 1.165) is 28.8 Å². The second kappa shape index (κ2) is 8.56. The average molecular weight is 380 g/mol. The molecule has 0 aliphatic carbocycles. The Bertz CT molecular complexity index is 893. The molecule has 0 spiro atoms. The van der Waals surface area contributed by atoms with Crippen molar-refractivity contribution < 1.29 is 14.3 Å². The third-order valence-corrected chi connectivity index (χ3v) is 4.81. The summed E-state index contributed by atoms with van der Waals surface area (Å²) in [6.07, 6.45) is 1.62. The summed E-state index contributed by atoms with van der Waals surface area (Å²) in [6, 6.07) is 13.0. The van der Waals surface area contributed by atoms with E-state index in [4.69, 9.17) is 15.9 Å². The molecule has 28 heavy (non-hydrogen) atoms. The molecular formula is C21H24N4O3. The molecule has 0 aromatic heterocycles. The van der Waals surface area contributed by atoms with Crippen molar-refractivity contribution in [1.82, 2.24) is 5.32 Å². The van der Waals surface area contributed by atoms with E-state index in [-0.39, 0.29) is 24.3 Å². The highest BCUT2D eigenvalue weighted by Gasteiger charge is 2.24. The number of amidine groups is 1. The number of esters is 1. The molecule has 1 fully saturated rings. The lowest BCUT2D eigenvalue weighted by atomic mass is 9.93. The molecule has 0 atom stereocenters. The van der Waals surface area contributed by atoms with Gasteiger partial charge < -0.3 is 15.8 Å². The second-order valence-electron chi connectivity index (χ2n) is 6.62. The quantitative estimate of drug-likeness (QED) is 0.407. The molecule has 2 aromatic rings. The van der Waals surface area contributed by atoms with Crippen molar-refractivity contribution >= 4 is 23.5 Å². The summed E-state index contributed by atoms with van der Waals surface area (Å²) in [5.74, 6) is -0.278. The monoisotopic (exact) mass is 380 g/mol. The molecule has 1 saturated heterocycles. The number of nitrogen functional groups attached to an aromatic ring is 1. The highest BCUT2D eigenvalue weighted by Crippen LogP contribution is 2.36. The van der Waals surface area contributed by atoms with Crippen molar-refractivity contribution in [2.24, 2.45) is 5.73 Å². The molecule has 7 nitrogen and oxygen atoms in total. The Kier molecular flexibility index (Phi) is 5.93. The minimum Gasteiger partial charge on any atom is -0.469 e. The maximum atomic E-state index is 12.4. The van der Waals surface area contributed by atoms with Gasteiger partial charge in [0.2, 0.25) is 0 Å². The first kappa shape index (κ1) is 19.4. The highest BCUT2D eigenvalue weighted by molar-refractivity contribution is 5.99. The van der Waals surface area contributed by atoms with Gasteiger partial charge in [0.15, 0.2) is 0 Å². The fourth-order valence-corrected chi connectivity index (χ4v) is 3.37. The van der Waals surface area contributed by atoms with Crippen LogP contribution in [0.5, 0.6) is 0 Å². The number of anilines is 1. The number of aryl methyl sites for hydroxylation is 1. The third-order valence-electron chi connectivity index (χ3n) is 4.81. The number of urea groups is 1. The number of amides is 2. The van der Waals surface area contributed by atoms with E-state index >= 15 is 0 Å². The summed E-state index contributed by atoms with van der Waals surface area (Å²) >= 11 is 0. The number of methoxy groups -OCH3 is 1. The van der Waals surface area contributed by atoms with Gasteiger partial charge in [0, 0.05) is 30.6 Å². The van der Waals surface area contributed by atoms with Crippen molar-refractivity contribution in [1.29, 1.82) is 5.41 Å². The van der Waals surface area contributed by atoms with E-state index in [1.165, 1.54) is 7.11 Å². The molecule has 0 bridgehead atoms. The van der Waals surface area contributed by atoms with E-state index in [0.29, 0.717) is 25.1 Å². The Morgan fingerprint density at radius 3 is 2.64 bits per heavy atom. The fraction of sp³-hybridized carbons (Fsp3) is 0.286. The molecule has 3 rings (SSSR count). The highest BCUT2D eigenvalue weighted by atomic mass is 16.5. The summed E-state index contributed by atoms with van der Waals surface area (Å²) in [4.78, 5) is 25.8. The van der Waals surface area contributed by atoms with Gasteiger partial charge in [0.25, 0.3) is 0 Å². The number of hydrogen-bond acceptors (Lipinski definition) is 4. The zero-order chi connectivity index (χ0) is 20.1. The maximum Gasteiger partial charge on any atom is 0.321 e. The number of hydrogen-bond donors (Lipinski definition) is 3. The number of nitrogens with one attached hydrogen (secondary N) is 2. The van der Waals surface area contributed by atoms with Gasteiger partial charge in [0.1, 0.15) is 5.84 Å². The predicted molar refractivity (Wildman–Crippen MR) is 109 cm³/mol. The molecule has 0 radical (unpaired) electrons. The number of benzene rings is 2. The lowest BCUT2D eigenvalue weighted by Gasteiger charge is -2.30. The number of nitrogens with two attached hydrogens (primary N) is 1. The van der Waals surface area contributed by atoms with Crippen LogP contribution in [0.3, 0.4) is 0 Å². The zero-order valence-corrected chi connectivity index (χ0v) is 15.8. The molecule has 2 amide bonds. The van der Waals surface area contributed by atoms with Crippen LogP contribution in [-0.2, 0) is 16.0 Å².